The van der Waals surface area contributed by atoms with Crippen LogP contribution in [0.3, 0.4) is 0 Å². The highest BCUT2D eigenvalue weighted by Gasteiger charge is 2.24. The highest BCUT2D eigenvalue weighted by atomic mass is 15.1. The highest BCUT2D eigenvalue weighted by Crippen LogP contribution is 2.27. The predicted molar refractivity (Wildman–Crippen MR) is 77.7 cm³/mol. The van der Waals surface area contributed by atoms with Crippen LogP contribution in [-0.4, -0.2) is 23.0 Å². The summed E-state index contributed by atoms with van der Waals surface area (Å²) in [5.74, 6) is 0.546. The summed E-state index contributed by atoms with van der Waals surface area (Å²) in [4.78, 5) is 6.95. The molecule has 2 heterocycles. The van der Waals surface area contributed by atoms with Gasteiger partial charge in [-0.05, 0) is 30.7 Å². The van der Waals surface area contributed by atoms with E-state index in [0.29, 0.717) is 5.92 Å². The number of likely N-dealkylation sites (tertiary alicyclic amines) is 1. The van der Waals surface area contributed by atoms with E-state index in [1.165, 1.54) is 17.7 Å². The van der Waals surface area contributed by atoms with Crippen LogP contribution in [0, 0.1) is 0 Å². The molecule has 3 rings (SSSR count). The summed E-state index contributed by atoms with van der Waals surface area (Å²) in [6.07, 6.45) is 2.94. The summed E-state index contributed by atoms with van der Waals surface area (Å²) < 4.78 is 0. The fraction of sp³-hybridized carbons (Fsp3) is 0.312. The van der Waals surface area contributed by atoms with Crippen LogP contribution < -0.4 is 5.73 Å². The van der Waals surface area contributed by atoms with Crippen LogP contribution in [-0.2, 0) is 6.54 Å². The molecule has 1 aliphatic rings. The van der Waals surface area contributed by atoms with Gasteiger partial charge in [-0.2, -0.15) is 0 Å². The van der Waals surface area contributed by atoms with Crippen LogP contribution in [0.25, 0.3) is 0 Å². The van der Waals surface area contributed by atoms with Gasteiger partial charge in [0.1, 0.15) is 0 Å². The zero-order valence-corrected chi connectivity index (χ0v) is 11.0. The first-order chi connectivity index (χ1) is 9.31. The molecule has 0 saturated carbocycles. The maximum absolute atomic E-state index is 5.68. The molecule has 1 aromatic heterocycles. The minimum atomic E-state index is 0.546. The topological polar surface area (TPSA) is 42.1 Å². The average Bonchev–Trinajstić information content (AvgIpc) is 2.89. The number of hydrogen-bond acceptors (Lipinski definition) is 3. The van der Waals surface area contributed by atoms with E-state index in [9.17, 15) is 0 Å². The summed E-state index contributed by atoms with van der Waals surface area (Å²) in [6.45, 7) is 3.27. The lowest BCUT2D eigenvalue weighted by Crippen LogP contribution is -2.19. The summed E-state index contributed by atoms with van der Waals surface area (Å²) in [5, 5.41) is 0. The number of pyridine rings is 1. The van der Waals surface area contributed by atoms with E-state index in [1.54, 1.807) is 6.20 Å². The maximum Gasteiger partial charge on any atom is 0.0501 e. The number of nitrogens with zero attached hydrogens (tertiary/aromatic N) is 2. The van der Waals surface area contributed by atoms with Crippen molar-refractivity contribution in [3.8, 4) is 0 Å². The summed E-state index contributed by atoms with van der Waals surface area (Å²) in [7, 11) is 0. The van der Waals surface area contributed by atoms with Gasteiger partial charge in [0, 0.05) is 24.7 Å². The lowest BCUT2D eigenvalue weighted by atomic mass is 10.0. The first-order valence-corrected chi connectivity index (χ1v) is 6.79. The SMILES string of the molecule is Nc1ccc([C@H]2CCN(Cc3ccccc3)C2)nc1. The molecule has 0 bridgehead atoms. The fourth-order valence-electron chi connectivity index (χ4n) is 2.72. The largest absolute Gasteiger partial charge is 0.397 e. The van der Waals surface area contributed by atoms with Crippen molar-refractivity contribution in [2.45, 2.75) is 18.9 Å². The van der Waals surface area contributed by atoms with Crippen molar-refractivity contribution in [3.05, 3.63) is 59.9 Å². The summed E-state index contributed by atoms with van der Waals surface area (Å²) in [5.41, 5.74) is 8.97. The van der Waals surface area contributed by atoms with Crippen molar-refractivity contribution in [2.24, 2.45) is 0 Å². The van der Waals surface area contributed by atoms with Crippen LogP contribution in [0.2, 0.25) is 0 Å². The molecule has 1 aliphatic heterocycles. The van der Waals surface area contributed by atoms with Gasteiger partial charge in [-0.25, -0.2) is 0 Å². The first kappa shape index (κ1) is 12.2. The molecule has 3 nitrogen and oxygen atoms in total. The smallest absolute Gasteiger partial charge is 0.0501 e. The molecule has 1 saturated heterocycles. The normalized spacial score (nSPS) is 19.7. The van der Waals surface area contributed by atoms with Gasteiger partial charge in [0.05, 0.1) is 11.9 Å². The van der Waals surface area contributed by atoms with Gasteiger partial charge in [-0.1, -0.05) is 30.3 Å². The molecular weight excluding hydrogens is 234 g/mol. The molecule has 3 heteroatoms. The Hall–Kier alpha value is -1.87. The Balaban J connectivity index is 1.62. The minimum Gasteiger partial charge on any atom is -0.397 e. The third kappa shape index (κ3) is 2.93. The fourth-order valence-corrected chi connectivity index (χ4v) is 2.72. The van der Waals surface area contributed by atoms with Crippen molar-refractivity contribution in [1.29, 1.82) is 0 Å². The number of rotatable bonds is 3. The third-order valence-electron chi connectivity index (χ3n) is 3.75. The number of aromatic nitrogens is 1. The molecule has 1 atom stereocenters. The van der Waals surface area contributed by atoms with Gasteiger partial charge in [0.25, 0.3) is 0 Å². The van der Waals surface area contributed by atoms with Gasteiger partial charge < -0.3 is 5.73 Å². The van der Waals surface area contributed by atoms with Crippen LogP contribution in [0.15, 0.2) is 48.7 Å². The summed E-state index contributed by atoms with van der Waals surface area (Å²) in [6, 6.07) is 14.7. The zero-order chi connectivity index (χ0) is 13.1. The Morgan fingerprint density at radius 1 is 1.16 bits per heavy atom. The van der Waals surface area contributed by atoms with Crippen LogP contribution in [0.5, 0.6) is 0 Å². The Morgan fingerprint density at radius 3 is 2.74 bits per heavy atom. The molecule has 1 aromatic carbocycles. The molecule has 98 valence electrons. The van der Waals surface area contributed by atoms with E-state index in [0.717, 1.165) is 25.3 Å². The van der Waals surface area contributed by atoms with Crippen LogP contribution in [0.1, 0.15) is 23.6 Å². The van der Waals surface area contributed by atoms with Gasteiger partial charge in [0.2, 0.25) is 0 Å². The van der Waals surface area contributed by atoms with E-state index in [4.69, 9.17) is 5.73 Å². The molecule has 0 spiro atoms. The Kier molecular flexibility index (Phi) is 3.47. The van der Waals surface area contributed by atoms with Gasteiger partial charge in [0.15, 0.2) is 0 Å². The molecule has 0 aliphatic carbocycles. The zero-order valence-electron chi connectivity index (χ0n) is 11.0. The second kappa shape index (κ2) is 5.41. The molecule has 0 amide bonds. The standard InChI is InChI=1S/C16H19N3/c17-15-6-7-16(18-10-15)14-8-9-19(12-14)11-13-4-2-1-3-5-13/h1-7,10,14H,8-9,11-12,17H2/t14-/m0/s1. The van der Waals surface area contributed by atoms with Crippen molar-refractivity contribution in [2.75, 3.05) is 18.8 Å². The van der Waals surface area contributed by atoms with Gasteiger partial charge in [-0.3, -0.25) is 9.88 Å². The predicted octanol–water partition coefficient (Wildman–Crippen LogP) is 2.65. The van der Waals surface area contributed by atoms with Crippen molar-refractivity contribution in [1.82, 2.24) is 9.88 Å². The van der Waals surface area contributed by atoms with E-state index in [-0.39, 0.29) is 0 Å². The summed E-state index contributed by atoms with van der Waals surface area (Å²) >= 11 is 0. The van der Waals surface area contributed by atoms with Crippen LogP contribution >= 0.6 is 0 Å². The lowest BCUT2D eigenvalue weighted by molar-refractivity contribution is 0.326. The molecule has 0 radical (unpaired) electrons. The minimum absolute atomic E-state index is 0.546. The van der Waals surface area contributed by atoms with E-state index >= 15 is 0 Å². The molecular formula is C16H19N3. The number of nitrogen functional groups attached to an aromatic ring is 1. The van der Waals surface area contributed by atoms with Gasteiger partial charge in [-0.15, -0.1) is 0 Å². The molecule has 19 heavy (non-hydrogen) atoms. The quantitative estimate of drug-likeness (QED) is 0.914. The number of anilines is 1. The lowest BCUT2D eigenvalue weighted by Gasteiger charge is -2.16. The van der Waals surface area contributed by atoms with Crippen molar-refractivity contribution >= 4 is 5.69 Å². The number of benzene rings is 1. The van der Waals surface area contributed by atoms with E-state index in [2.05, 4.69) is 46.3 Å². The van der Waals surface area contributed by atoms with E-state index < -0.39 is 0 Å². The Morgan fingerprint density at radius 2 is 2.00 bits per heavy atom. The Labute approximate surface area is 114 Å². The number of nitrogens with two attached hydrogens (primary N) is 1. The van der Waals surface area contributed by atoms with Crippen LogP contribution in [0.4, 0.5) is 5.69 Å². The first-order valence-electron chi connectivity index (χ1n) is 6.79. The maximum atomic E-state index is 5.68. The number of hydrogen-bond donors (Lipinski definition) is 1. The molecule has 0 unspecified atom stereocenters. The monoisotopic (exact) mass is 253 g/mol. The van der Waals surface area contributed by atoms with E-state index in [1.807, 2.05) is 6.07 Å². The van der Waals surface area contributed by atoms with Crippen molar-refractivity contribution in [3.63, 3.8) is 0 Å². The molecule has 2 N–H and O–H groups in total. The second-order valence-electron chi connectivity index (χ2n) is 5.22. The van der Waals surface area contributed by atoms with Crippen molar-refractivity contribution < 1.29 is 0 Å². The Bertz CT molecular complexity index is 521. The third-order valence-corrected chi connectivity index (χ3v) is 3.75. The molecule has 2 aromatic rings. The molecule has 1 fully saturated rings. The van der Waals surface area contributed by atoms with Gasteiger partial charge >= 0.3 is 0 Å². The second-order valence-corrected chi connectivity index (χ2v) is 5.22. The highest BCUT2D eigenvalue weighted by molar-refractivity contribution is 5.35. The average molecular weight is 253 g/mol.